The van der Waals surface area contributed by atoms with Gasteiger partial charge in [-0.05, 0) is 35.9 Å². The van der Waals surface area contributed by atoms with E-state index in [0.717, 1.165) is 5.56 Å². The van der Waals surface area contributed by atoms with Gasteiger partial charge in [-0.15, -0.1) is 0 Å². The summed E-state index contributed by atoms with van der Waals surface area (Å²) in [7, 11) is 4.55. The zero-order chi connectivity index (χ0) is 20.6. The number of ether oxygens (including phenoxy) is 3. The van der Waals surface area contributed by atoms with Gasteiger partial charge < -0.3 is 24.1 Å². The van der Waals surface area contributed by atoms with Crippen LogP contribution in [-0.4, -0.2) is 33.5 Å². The Morgan fingerprint density at radius 2 is 1.83 bits per heavy atom. The van der Waals surface area contributed by atoms with Gasteiger partial charge in [-0.25, -0.2) is 4.79 Å². The second-order valence-electron chi connectivity index (χ2n) is 6.02. The number of rotatable bonds is 8. The molecule has 0 bridgehead atoms. The third kappa shape index (κ3) is 4.76. The quantitative estimate of drug-likeness (QED) is 0.355. The van der Waals surface area contributed by atoms with E-state index in [2.05, 4.69) is 10.5 Å². The number of nitrogens with zero attached hydrogens (tertiary/aromatic N) is 1. The van der Waals surface area contributed by atoms with E-state index < -0.39 is 5.97 Å². The number of hydrogen-bond acceptors (Lipinski definition) is 7. The number of hydrogen-bond donors (Lipinski definition) is 1. The second kappa shape index (κ2) is 9.45. The minimum Gasteiger partial charge on any atom is -0.493 e. The number of benzene rings is 2. The first-order valence-corrected chi connectivity index (χ1v) is 8.90. The highest BCUT2D eigenvalue weighted by molar-refractivity contribution is 5.96. The van der Waals surface area contributed by atoms with Crippen LogP contribution in [0.3, 0.4) is 0 Å². The number of carbonyl (C=O) groups excluding carboxylic acids is 1. The van der Waals surface area contributed by atoms with Crippen LogP contribution in [-0.2, 0) is 11.3 Å². The third-order valence-corrected chi connectivity index (χ3v) is 4.24. The van der Waals surface area contributed by atoms with Crippen molar-refractivity contribution in [3.63, 3.8) is 0 Å². The number of nitrogens with one attached hydrogen (secondary N) is 1. The Morgan fingerprint density at radius 3 is 2.59 bits per heavy atom. The summed E-state index contributed by atoms with van der Waals surface area (Å²) in [5.41, 5.74) is 5.07. The van der Waals surface area contributed by atoms with Gasteiger partial charge >= 0.3 is 5.97 Å². The van der Waals surface area contributed by atoms with E-state index in [-0.39, 0.29) is 0 Å². The Hall–Kier alpha value is -3.74. The van der Waals surface area contributed by atoms with Crippen molar-refractivity contribution in [2.45, 2.75) is 6.54 Å². The maximum absolute atomic E-state index is 11.9. The molecule has 1 heterocycles. The number of hydrazone groups is 1. The van der Waals surface area contributed by atoms with Gasteiger partial charge in [-0.1, -0.05) is 24.3 Å². The predicted octanol–water partition coefficient (Wildman–Crippen LogP) is 3.87. The monoisotopic (exact) mass is 394 g/mol. The Labute approximate surface area is 168 Å². The Kier molecular flexibility index (Phi) is 6.52. The summed E-state index contributed by atoms with van der Waals surface area (Å²) in [4.78, 5) is 11.9. The van der Waals surface area contributed by atoms with Crippen LogP contribution in [0.2, 0.25) is 0 Å². The number of methoxy groups -OCH3 is 3. The Morgan fingerprint density at radius 1 is 1.03 bits per heavy atom. The summed E-state index contributed by atoms with van der Waals surface area (Å²) in [5, 5.41) is 4.18. The van der Waals surface area contributed by atoms with E-state index in [1.165, 1.54) is 7.11 Å². The summed E-state index contributed by atoms with van der Waals surface area (Å²) < 4.78 is 21.1. The molecule has 0 aliphatic rings. The van der Waals surface area contributed by atoms with E-state index in [4.69, 9.17) is 18.6 Å². The molecule has 1 N–H and O–H groups in total. The van der Waals surface area contributed by atoms with Crippen LogP contribution in [0, 0.1) is 0 Å². The lowest BCUT2D eigenvalue weighted by molar-refractivity contribution is 0.0601. The molecule has 2 aromatic carbocycles. The minimum absolute atomic E-state index is 0.413. The maximum Gasteiger partial charge on any atom is 0.338 e. The van der Waals surface area contributed by atoms with Crippen LogP contribution in [0.1, 0.15) is 21.7 Å². The number of carbonyl (C=O) groups is 1. The van der Waals surface area contributed by atoms with Crippen molar-refractivity contribution in [2.75, 3.05) is 21.3 Å². The Bertz CT molecular complexity index is 1010. The molecule has 0 aliphatic heterocycles. The van der Waals surface area contributed by atoms with Crippen molar-refractivity contribution in [1.29, 1.82) is 0 Å². The van der Waals surface area contributed by atoms with Gasteiger partial charge in [-0.2, -0.15) is 5.10 Å². The lowest BCUT2D eigenvalue weighted by Gasteiger charge is -2.09. The number of esters is 1. The molecule has 7 nitrogen and oxygen atoms in total. The van der Waals surface area contributed by atoms with Crippen molar-refractivity contribution in [2.24, 2.45) is 5.10 Å². The van der Waals surface area contributed by atoms with E-state index in [9.17, 15) is 4.79 Å². The normalized spacial score (nSPS) is 10.7. The van der Waals surface area contributed by atoms with Gasteiger partial charge in [0.1, 0.15) is 11.5 Å². The topological polar surface area (TPSA) is 82.3 Å². The van der Waals surface area contributed by atoms with Crippen LogP contribution in [0.5, 0.6) is 11.5 Å². The van der Waals surface area contributed by atoms with Gasteiger partial charge in [0.15, 0.2) is 11.5 Å². The van der Waals surface area contributed by atoms with Gasteiger partial charge in [0.2, 0.25) is 0 Å². The highest BCUT2D eigenvalue weighted by atomic mass is 16.5. The van der Waals surface area contributed by atoms with Gasteiger partial charge in [0, 0.05) is 5.56 Å². The molecule has 7 heteroatoms. The van der Waals surface area contributed by atoms with E-state index in [1.807, 2.05) is 24.3 Å². The molecule has 29 heavy (non-hydrogen) atoms. The fraction of sp³-hybridized carbons (Fsp3) is 0.182. The van der Waals surface area contributed by atoms with Gasteiger partial charge in [-0.3, -0.25) is 0 Å². The van der Waals surface area contributed by atoms with Crippen molar-refractivity contribution >= 4 is 12.2 Å². The van der Waals surface area contributed by atoms with Crippen molar-refractivity contribution in [3.8, 4) is 22.8 Å². The average molecular weight is 394 g/mol. The minimum atomic E-state index is -0.413. The first-order chi connectivity index (χ1) is 14.2. The van der Waals surface area contributed by atoms with E-state index in [0.29, 0.717) is 40.7 Å². The molecular weight excluding hydrogens is 372 g/mol. The molecule has 0 spiro atoms. The largest absolute Gasteiger partial charge is 0.493 e. The summed E-state index contributed by atoms with van der Waals surface area (Å²) in [6, 6.07) is 16.3. The molecular formula is C22H22N2O5. The van der Waals surface area contributed by atoms with Gasteiger partial charge in [0.05, 0.1) is 39.7 Å². The van der Waals surface area contributed by atoms with Gasteiger partial charge in [0.25, 0.3) is 0 Å². The first-order valence-electron chi connectivity index (χ1n) is 8.90. The molecule has 3 rings (SSSR count). The van der Waals surface area contributed by atoms with E-state index >= 15 is 0 Å². The van der Waals surface area contributed by atoms with Crippen LogP contribution in [0.25, 0.3) is 11.3 Å². The van der Waals surface area contributed by atoms with Crippen LogP contribution in [0.4, 0.5) is 0 Å². The highest BCUT2D eigenvalue weighted by Gasteiger charge is 2.15. The molecule has 0 aliphatic carbocycles. The third-order valence-electron chi connectivity index (χ3n) is 4.24. The fourth-order valence-electron chi connectivity index (χ4n) is 2.79. The highest BCUT2D eigenvalue weighted by Crippen LogP contribution is 2.28. The predicted molar refractivity (Wildman–Crippen MR) is 109 cm³/mol. The maximum atomic E-state index is 11.9. The van der Waals surface area contributed by atoms with Crippen molar-refractivity contribution < 1.29 is 23.4 Å². The Balaban J connectivity index is 1.65. The zero-order valence-corrected chi connectivity index (χ0v) is 16.5. The lowest BCUT2D eigenvalue weighted by atomic mass is 10.1. The SMILES string of the molecule is COC(=O)c1ccccc1-c1ccc(/C=N/NCc2ccc(OC)c(OC)c2)o1. The molecule has 150 valence electrons. The fourth-order valence-corrected chi connectivity index (χ4v) is 2.79. The van der Waals surface area contributed by atoms with Crippen LogP contribution in [0.15, 0.2) is 64.1 Å². The standard InChI is InChI=1S/C22H22N2O5/c1-26-20-10-8-15(12-21(20)27-2)13-23-24-14-16-9-11-19(29-16)17-6-4-5-7-18(17)22(25)28-3/h4-12,14,23H,13H2,1-3H3/b24-14+. The molecule has 0 fully saturated rings. The number of furan rings is 1. The average Bonchev–Trinajstić information content (AvgIpc) is 3.24. The second-order valence-corrected chi connectivity index (χ2v) is 6.02. The molecule has 0 unspecified atom stereocenters. The zero-order valence-electron chi connectivity index (χ0n) is 16.5. The lowest BCUT2D eigenvalue weighted by Crippen LogP contribution is -2.05. The summed E-state index contributed by atoms with van der Waals surface area (Å²) >= 11 is 0. The molecule has 0 amide bonds. The molecule has 0 saturated carbocycles. The molecule has 3 aromatic rings. The molecule has 0 radical (unpaired) electrons. The molecule has 0 atom stereocenters. The van der Waals surface area contributed by atoms with Crippen LogP contribution >= 0.6 is 0 Å². The van der Waals surface area contributed by atoms with Crippen LogP contribution < -0.4 is 14.9 Å². The smallest absolute Gasteiger partial charge is 0.338 e. The molecule has 1 aromatic heterocycles. The summed E-state index contributed by atoms with van der Waals surface area (Å²) in [5.74, 6) is 2.04. The summed E-state index contributed by atoms with van der Waals surface area (Å²) in [6.07, 6.45) is 1.57. The summed E-state index contributed by atoms with van der Waals surface area (Å²) in [6.45, 7) is 0.510. The van der Waals surface area contributed by atoms with Crippen molar-refractivity contribution in [1.82, 2.24) is 5.43 Å². The molecule has 0 saturated heterocycles. The van der Waals surface area contributed by atoms with Crippen molar-refractivity contribution in [3.05, 3.63) is 71.5 Å². The van der Waals surface area contributed by atoms with E-state index in [1.54, 1.807) is 50.8 Å². The first kappa shape index (κ1) is 20.0.